The molecule has 2 saturated heterocycles. The minimum Gasteiger partial charge on any atom is -0.497 e. The fourth-order valence-electron chi connectivity index (χ4n) is 4.12. The second-order valence-electron chi connectivity index (χ2n) is 7.52. The van der Waals surface area contributed by atoms with Crippen molar-refractivity contribution in [3.05, 3.63) is 29.5 Å². The van der Waals surface area contributed by atoms with E-state index in [1.165, 1.54) is 12.8 Å². The molecule has 0 radical (unpaired) electrons. The maximum atomic E-state index is 13.2. The third-order valence-electron chi connectivity index (χ3n) is 5.64. The van der Waals surface area contributed by atoms with Crippen LogP contribution in [0.1, 0.15) is 35.4 Å². The van der Waals surface area contributed by atoms with Crippen LogP contribution in [0.3, 0.4) is 0 Å². The van der Waals surface area contributed by atoms with Crippen LogP contribution in [0.2, 0.25) is 0 Å². The number of carbonyl (C=O) groups is 1. The molecule has 3 heterocycles. The van der Waals surface area contributed by atoms with E-state index < -0.39 is 0 Å². The number of aryl methyl sites for hydroxylation is 1. The van der Waals surface area contributed by atoms with E-state index in [1.807, 2.05) is 30.0 Å². The van der Waals surface area contributed by atoms with Crippen molar-refractivity contribution in [2.24, 2.45) is 0 Å². The molecule has 0 aliphatic carbocycles. The van der Waals surface area contributed by atoms with Gasteiger partial charge in [0, 0.05) is 43.3 Å². The van der Waals surface area contributed by atoms with E-state index in [-0.39, 0.29) is 12.0 Å². The van der Waals surface area contributed by atoms with Gasteiger partial charge in [0.15, 0.2) is 5.76 Å². The number of amides is 1. The fourth-order valence-corrected chi connectivity index (χ4v) is 4.12. The number of hydrogen-bond acceptors (Lipinski definition) is 5. The van der Waals surface area contributed by atoms with Crippen LogP contribution in [-0.4, -0.2) is 68.3 Å². The topological polar surface area (TPSA) is 55.1 Å². The molecule has 2 aromatic rings. The van der Waals surface area contributed by atoms with Crippen LogP contribution in [-0.2, 0) is 4.74 Å². The van der Waals surface area contributed by atoms with Gasteiger partial charge in [0.05, 0.1) is 13.2 Å². The number of furan rings is 1. The Bertz CT molecular complexity index is 810. The Labute approximate surface area is 160 Å². The molecule has 2 aliphatic rings. The number of benzene rings is 1. The Kier molecular flexibility index (Phi) is 5.36. The highest BCUT2D eigenvalue weighted by atomic mass is 16.5. The van der Waals surface area contributed by atoms with Crippen LogP contribution in [0, 0.1) is 6.92 Å². The second-order valence-corrected chi connectivity index (χ2v) is 7.52. The minimum atomic E-state index is -0.0420. The molecular formula is C21H28N2O4. The summed E-state index contributed by atoms with van der Waals surface area (Å²) in [5.74, 6) is 1.11. The monoisotopic (exact) mass is 372 g/mol. The minimum absolute atomic E-state index is 0.0420. The molecule has 6 heteroatoms. The largest absolute Gasteiger partial charge is 0.497 e. The standard InChI is InChI=1S/C21H28N2O4/c1-15-18-7-6-16(25-2)12-19(18)27-20(15)21(24)23-10-5-11-26-17(14-23)13-22-8-3-4-9-22/h6-7,12,17H,3-5,8-11,13-14H2,1-2H3. The van der Waals surface area contributed by atoms with Crippen LogP contribution in [0.5, 0.6) is 5.75 Å². The van der Waals surface area contributed by atoms with E-state index >= 15 is 0 Å². The summed E-state index contributed by atoms with van der Waals surface area (Å²) in [6.07, 6.45) is 3.45. The van der Waals surface area contributed by atoms with Crippen molar-refractivity contribution in [1.82, 2.24) is 9.80 Å². The molecule has 2 fully saturated rings. The van der Waals surface area contributed by atoms with Gasteiger partial charge in [-0.05, 0) is 51.4 Å². The van der Waals surface area contributed by atoms with Gasteiger partial charge < -0.3 is 23.7 Å². The molecular weight excluding hydrogens is 344 g/mol. The zero-order valence-electron chi connectivity index (χ0n) is 16.2. The van der Waals surface area contributed by atoms with E-state index in [4.69, 9.17) is 13.9 Å². The third kappa shape index (κ3) is 3.82. The van der Waals surface area contributed by atoms with Crippen LogP contribution >= 0.6 is 0 Å². The van der Waals surface area contributed by atoms with Gasteiger partial charge in [0.25, 0.3) is 5.91 Å². The number of fused-ring (bicyclic) bond motifs is 1. The van der Waals surface area contributed by atoms with Crippen molar-refractivity contribution in [3.63, 3.8) is 0 Å². The summed E-state index contributed by atoms with van der Waals surface area (Å²) in [6.45, 7) is 7.15. The van der Waals surface area contributed by atoms with E-state index in [1.54, 1.807) is 7.11 Å². The summed E-state index contributed by atoms with van der Waals surface area (Å²) < 4.78 is 17.2. The van der Waals surface area contributed by atoms with Crippen molar-refractivity contribution in [3.8, 4) is 5.75 Å². The average molecular weight is 372 g/mol. The maximum absolute atomic E-state index is 13.2. The van der Waals surface area contributed by atoms with Crippen molar-refractivity contribution in [2.75, 3.05) is 46.4 Å². The smallest absolute Gasteiger partial charge is 0.289 e. The van der Waals surface area contributed by atoms with Gasteiger partial charge in [-0.2, -0.15) is 0 Å². The number of carbonyl (C=O) groups excluding carboxylic acids is 1. The van der Waals surface area contributed by atoms with E-state index in [0.29, 0.717) is 31.0 Å². The molecule has 1 amide bonds. The van der Waals surface area contributed by atoms with Gasteiger partial charge in [0.1, 0.15) is 11.3 Å². The first kappa shape index (κ1) is 18.3. The summed E-state index contributed by atoms with van der Waals surface area (Å²) in [7, 11) is 1.63. The number of rotatable bonds is 4. The molecule has 0 spiro atoms. The Morgan fingerprint density at radius 1 is 1.22 bits per heavy atom. The molecule has 6 nitrogen and oxygen atoms in total. The summed E-state index contributed by atoms with van der Waals surface area (Å²) >= 11 is 0. The van der Waals surface area contributed by atoms with Gasteiger partial charge in [-0.15, -0.1) is 0 Å². The predicted octanol–water partition coefficient (Wildman–Crippen LogP) is 3.08. The maximum Gasteiger partial charge on any atom is 0.289 e. The fraction of sp³-hybridized carbons (Fsp3) is 0.571. The van der Waals surface area contributed by atoms with Crippen molar-refractivity contribution < 1.29 is 18.7 Å². The molecule has 0 bridgehead atoms. The molecule has 0 N–H and O–H groups in total. The highest BCUT2D eigenvalue weighted by Gasteiger charge is 2.29. The summed E-state index contributed by atoms with van der Waals surface area (Å²) in [6, 6.07) is 5.68. The molecule has 1 aromatic carbocycles. The molecule has 4 rings (SSSR count). The highest BCUT2D eigenvalue weighted by Crippen LogP contribution is 2.29. The van der Waals surface area contributed by atoms with Crippen LogP contribution < -0.4 is 4.74 Å². The summed E-state index contributed by atoms with van der Waals surface area (Å²) in [4.78, 5) is 17.6. The zero-order valence-corrected chi connectivity index (χ0v) is 16.2. The first-order valence-corrected chi connectivity index (χ1v) is 9.86. The summed E-state index contributed by atoms with van der Waals surface area (Å²) in [5.41, 5.74) is 1.58. The van der Waals surface area contributed by atoms with Gasteiger partial charge in [-0.3, -0.25) is 4.79 Å². The third-order valence-corrected chi connectivity index (χ3v) is 5.64. The molecule has 146 valence electrons. The number of methoxy groups -OCH3 is 1. The van der Waals surface area contributed by atoms with Crippen LogP contribution in [0.25, 0.3) is 11.0 Å². The molecule has 1 unspecified atom stereocenters. The van der Waals surface area contributed by atoms with Gasteiger partial charge >= 0.3 is 0 Å². The lowest BCUT2D eigenvalue weighted by molar-refractivity contribution is 0.0291. The lowest BCUT2D eigenvalue weighted by Gasteiger charge is -2.26. The van der Waals surface area contributed by atoms with Gasteiger partial charge in [0.2, 0.25) is 0 Å². The van der Waals surface area contributed by atoms with Crippen molar-refractivity contribution in [1.29, 1.82) is 0 Å². The number of likely N-dealkylation sites (tertiary alicyclic amines) is 1. The molecule has 1 aromatic heterocycles. The first-order valence-electron chi connectivity index (χ1n) is 9.86. The second kappa shape index (κ2) is 7.90. The van der Waals surface area contributed by atoms with Crippen LogP contribution in [0.4, 0.5) is 0 Å². The predicted molar refractivity (Wildman–Crippen MR) is 103 cm³/mol. The SMILES string of the molecule is COc1ccc2c(C)c(C(=O)N3CCCOC(CN4CCCC4)C3)oc2c1. The molecule has 1 atom stereocenters. The van der Waals surface area contributed by atoms with Crippen molar-refractivity contribution in [2.45, 2.75) is 32.3 Å². The van der Waals surface area contributed by atoms with Crippen molar-refractivity contribution >= 4 is 16.9 Å². The molecule has 2 aliphatic heterocycles. The Morgan fingerprint density at radius 3 is 2.81 bits per heavy atom. The van der Waals surface area contributed by atoms with Gasteiger partial charge in [-0.1, -0.05) is 0 Å². The van der Waals surface area contributed by atoms with E-state index in [9.17, 15) is 4.79 Å². The van der Waals surface area contributed by atoms with Gasteiger partial charge in [-0.25, -0.2) is 0 Å². The summed E-state index contributed by atoms with van der Waals surface area (Å²) in [5, 5.41) is 0.957. The Hall–Kier alpha value is -2.05. The lowest BCUT2D eigenvalue weighted by Crippen LogP contribution is -2.41. The number of nitrogens with zero attached hydrogens (tertiary/aromatic N) is 2. The zero-order chi connectivity index (χ0) is 18.8. The lowest BCUT2D eigenvalue weighted by atomic mass is 10.1. The average Bonchev–Trinajstić information content (AvgIpc) is 3.23. The molecule has 0 saturated carbocycles. The normalized spacial score (nSPS) is 21.6. The first-order chi connectivity index (χ1) is 13.2. The highest BCUT2D eigenvalue weighted by molar-refractivity contribution is 5.99. The number of hydrogen-bond donors (Lipinski definition) is 0. The number of ether oxygens (including phenoxy) is 2. The van der Waals surface area contributed by atoms with E-state index in [0.717, 1.165) is 42.8 Å². The Morgan fingerprint density at radius 2 is 2.04 bits per heavy atom. The molecule has 27 heavy (non-hydrogen) atoms. The Balaban J connectivity index is 1.53. The quantitative estimate of drug-likeness (QED) is 0.826. The van der Waals surface area contributed by atoms with Crippen LogP contribution in [0.15, 0.2) is 22.6 Å². The van der Waals surface area contributed by atoms with E-state index in [2.05, 4.69) is 4.90 Å².